The van der Waals surface area contributed by atoms with E-state index in [0.717, 1.165) is 5.56 Å². The lowest BCUT2D eigenvalue weighted by Gasteiger charge is -2.25. The molecule has 0 aliphatic rings. The monoisotopic (exact) mass is 286 g/mol. The Bertz CT molecular complexity index is 671. The van der Waals surface area contributed by atoms with Gasteiger partial charge >= 0.3 is 0 Å². The van der Waals surface area contributed by atoms with Crippen LogP contribution in [0.5, 0.6) is 0 Å². The topological polar surface area (TPSA) is 35.8 Å². The molecule has 0 fully saturated rings. The molecule has 0 aliphatic heterocycles. The predicted octanol–water partition coefficient (Wildman–Crippen LogP) is 4.21. The summed E-state index contributed by atoms with van der Waals surface area (Å²) in [5, 5.41) is 12.4. The van der Waals surface area contributed by atoms with Gasteiger partial charge in [-0.15, -0.1) is 0 Å². The third kappa shape index (κ3) is 3.79. The van der Waals surface area contributed by atoms with Crippen LogP contribution >= 0.6 is 0 Å². The second kappa shape index (κ2) is 5.92. The second-order valence-electron chi connectivity index (χ2n) is 5.35. The molecule has 0 radical (unpaired) electrons. The summed E-state index contributed by atoms with van der Waals surface area (Å²) in [6.45, 7) is 3.44. The number of rotatable bonds is 4. The maximum atomic E-state index is 13.7. The van der Waals surface area contributed by atoms with Gasteiger partial charge in [0.1, 0.15) is 17.2 Å². The fraction of sp³-hybridized carbons (Fsp3) is 0.235. The molecule has 0 saturated carbocycles. The van der Waals surface area contributed by atoms with Crippen LogP contribution in [0.25, 0.3) is 0 Å². The minimum Gasteiger partial charge on any atom is -0.367 e. The summed E-state index contributed by atoms with van der Waals surface area (Å²) in [7, 11) is 0. The van der Waals surface area contributed by atoms with Crippen molar-refractivity contribution in [1.29, 1.82) is 5.26 Å². The number of nitriles is 1. The summed E-state index contributed by atoms with van der Waals surface area (Å²) in [5.41, 5.74) is 0.682. The Morgan fingerprint density at radius 3 is 2.52 bits per heavy atom. The summed E-state index contributed by atoms with van der Waals surface area (Å²) >= 11 is 0. The largest absolute Gasteiger partial charge is 0.367 e. The van der Waals surface area contributed by atoms with Crippen LogP contribution in [0.15, 0.2) is 42.5 Å². The number of hydrogen-bond donors (Lipinski definition) is 1. The summed E-state index contributed by atoms with van der Waals surface area (Å²) < 4.78 is 27.1. The van der Waals surface area contributed by atoms with Gasteiger partial charge < -0.3 is 5.32 Å². The number of nitrogens with zero attached hydrogens (tertiary/aromatic N) is 1. The number of halogens is 2. The number of aryl methyl sites for hydroxylation is 1. The lowest BCUT2D eigenvalue weighted by molar-refractivity contribution is 0.574. The molecule has 108 valence electrons. The first kappa shape index (κ1) is 15.0. The summed E-state index contributed by atoms with van der Waals surface area (Å²) in [6.07, 6.45) is 0.186. The minimum atomic E-state index is -1.03. The molecule has 0 spiro atoms. The Hall–Kier alpha value is -2.41. The Labute approximate surface area is 123 Å². The van der Waals surface area contributed by atoms with Crippen molar-refractivity contribution in [2.75, 3.05) is 5.32 Å². The molecule has 2 aromatic carbocycles. The average Bonchev–Trinajstić information content (AvgIpc) is 2.40. The van der Waals surface area contributed by atoms with Gasteiger partial charge in [0.15, 0.2) is 0 Å². The van der Waals surface area contributed by atoms with Gasteiger partial charge in [0.2, 0.25) is 0 Å². The van der Waals surface area contributed by atoms with E-state index in [1.807, 2.05) is 0 Å². The zero-order valence-corrected chi connectivity index (χ0v) is 12.0. The van der Waals surface area contributed by atoms with Gasteiger partial charge in [0.05, 0.1) is 6.07 Å². The molecule has 2 nitrogen and oxygen atoms in total. The summed E-state index contributed by atoms with van der Waals surface area (Å²) in [5.74, 6) is -0.722. The van der Waals surface area contributed by atoms with Crippen LogP contribution in [0, 0.1) is 29.9 Å². The van der Waals surface area contributed by atoms with Gasteiger partial charge in [-0.05, 0) is 49.2 Å². The van der Waals surface area contributed by atoms with Crippen LogP contribution < -0.4 is 5.32 Å². The second-order valence-corrected chi connectivity index (χ2v) is 5.35. The highest BCUT2D eigenvalue weighted by Gasteiger charge is 2.25. The third-order valence-corrected chi connectivity index (χ3v) is 3.21. The summed E-state index contributed by atoms with van der Waals surface area (Å²) in [6, 6.07) is 13.0. The van der Waals surface area contributed by atoms with E-state index < -0.39 is 5.54 Å². The molecule has 1 atom stereocenters. The first-order chi connectivity index (χ1) is 9.92. The Morgan fingerprint density at radius 1 is 1.19 bits per heavy atom. The van der Waals surface area contributed by atoms with Crippen molar-refractivity contribution in [1.82, 2.24) is 0 Å². The van der Waals surface area contributed by atoms with Crippen LogP contribution in [0.2, 0.25) is 0 Å². The van der Waals surface area contributed by atoms with Crippen molar-refractivity contribution in [3.63, 3.8) is 0 Å². The van der Waals surface area contributed by atoms with E-state index in [-0.39, 0.29) is 18.1 Å². The fourth-order valence-corrected chi connectivity index (χ4v) is 2.26. The highest BCUT2D eigenvalue weighted by Crippen LogP contribution is 2.22. The van der Waals surface area contributed by atoms with E-state index in [1.54, 1.807) is 38.1 Å². The lowest BCUT2D eigenvalue weighted by atomic mass is 9.93. The zero-order valence-electron chi connectivity index (χ0n) is 12.0. The van der Waals surface area contributed by atoms with Crippen LogP contribution in [-0.4, -0.2) is 5.54 Å². The average molecular weight is 286 g/mol. The Morgan fingerprint density at radius 2 is 1.90 bits per heavy atom. The number of anilines is 1. The molecule has 0 heterocycles. The van der Waals surface area contributed by atoms with Crippen LogP contribution in [0.1, 0.15) is 18.1 Å². The molecule has 2 aromatic rings. The maximum absolute atomic E-state index is 13.7. The molecule has 1 unspecified atom stereocenters. The molecular formula is C17H16F2N2. The van der Waals surface area contributed by atoms with Crippen molar-refractivity contribution in [2.45, 2.75) is 25.8 Å². The van der Waals surface area contributed by atoms with Crippen molar-refractivity contribution < 1.29 is 8.78 Å². The molecule has 21 heavy (non-hydrogen) atoms. The van der Waals surface area contributed by atoms with Crippen LogP contribution in [-0.2, 0) is 6.42 Å². The molecular weight excluding hydrogens is 270 g/mol. The molecule has 1 N–H and O–H groups in total. The van der Waals surface area contributed by atoms with Gasteiger partial charge in [-0.2, -0.15) is 5.26 Å². The van der Waals surface area contributed by atoms with E-state index in [1.165, 1.54) is 18.2 Å². The molecule has 2 rings (SSSR count). The molecule has 0 amide bonds. The molecule has 0 saturated heterocycles. The van der Waals surface area contributed by atoms with Gasteiger partial charge in [-0.3, -0.25) is 0 Å². The van der Waals surface area contributed by atoms with Crippen LogP contribution in [0.4, 0.5) is 14.5 Å². The van der Waals surface area contributed by atoms with E-state index in [9.17, 15) is 14.0 Å². The molecule has 4 heteroatoms. The van der Waals surface area contributed by atoms with Gasteiger partial charge in [0, 0.05) is 12.1 Å². The van der Waals surface area contributed by atoms with Gasteiger partial charge in [-0.25, -0.2) is 8.78 Å². The van der Waals surface area contributed by atoms with Gasteiger partial charge in [0.25, 0.3) is 0 Å². The highest BCUT2D eigenvalue weighted by molar-refractivity contribution is 5.50. The summed E-state index contributed by atoms with van der Waals surface area (Å²) in [4.78, 5) is 0. The van der Waals surface area contributed by atoms with Gasteiger partial charge in [-0.1, -0.05) is 18.2 Å². The van der Waals surface area contributed by atoms with Crippen LogP contribution in [0.3, 0.4) is 0 Å². The predicted molar refractivity (Wildman–Crippen MR) is 78.9 cm³/mol. The van der Waals surface area contributed by atoms with E-state index in [0.29, 0.717) is 11.3 Å². The van der Waals surface area contributed by atoms with Crippen molar-refractivity contribution in [3.05, 3.63) is 65.2 Å². The van der Waals surface area contributed by atoms with Crippen molar-refractivity contribution >= 4 is 5.69 Å². The Kier molecular flexibility index (Phi) is 4.23. The maximum Gasteiger partial charge on any atom is 0.126 e. The van der Waals surface area contributed by atoms with E-state index >= 15 is 0 Å². The number of nitrogens with one attached hydrogen (secondary N) is 1. The number of hydrogen-bond acceptors (Lipinski definition) is 2. The normalized spacial score (nSPS) is 13.3. The third-order valence-electron chi connectivity index (χ3n) is 3.21. The van der Waals surface area contributed by atoms with Crippen molar-refractivity contribution in [2.24, 2.45) is 0 Å². The SMILES string of the molecule is Cc1cc(F)cc(NC(C)(C#N)Cc2ccccc2F)c1. The van der Waals surface area contributed by atoms with E-state index in [4.69, 9.17) is 0 Å². The number of benzene rings is 2. The fourth-order valence-electron chi connectivity index (χ4n) is 2.26. The quantitative estimate of drug-likeness (QED) is 0.914. The highest BCUT2D eigenvalue weighted by atomic mass is 19.1. The standard InChI is InChI=1S/C17H16F2N2/c1-12-7-14(18)9-15(8-12)21-17(2,11-20)10-13-5-3-4-6-16(13)19/h3-9,21H,10H2,1-2H3. The lowest BCUT2D eigenvalue weighted by Crippen LogP contribution is -2.35. The smallest absolute Gasteiger partial charge is 0.126 e. The minimum absolute atomic E-state index is 0.186. The first-order valence-corrected chi connectivity index (χ1v) is 6.62. The molecule has 0 aliphatic carbocycles. The molecule has 0 bridgehead atoms. The van der Waals surface area contributed by atoms with E-state index in [2.05, 4.69) is 11.4 Å². The van der Waals surface area contributed by atoms with Crippen molar-refractivity contribution in [3.8, 4) is 6.07 Å². The zero-order chi connectivity index (χ0) is 15.5. The molecule has 0 aromatic heterocycles. The first-order valence-electron chi connectivity index (χ1n) is 6.62. The Balaban J connectivity index is 2.26.